The van der Waals surface area contributed by atoms with Gasteiger partial charge in [0.2, 0.25) is 15.9 Å². The molecule has 0 aliphatic heterocycles. The van der Waals surface area contributed by atoms with Gasteiger partial charge in [-0.15, -0.1) is 11.8 Å². The zero-order valence-electron chi connectivity index (χ0n) is 17.9. The molecule has 2 amide bonds. The van der Waals surface area contributed by atoms with Crippen LogP contribution in [0, 0.1) is 13.8 Å². The summed E-state index contributed by atoms with van der Waals surface area (Å²) in [5.41, 5.74) is 3.08. The molecule has 1 atom stereocenters. The molecule has 0 unspecified atom stereocenters. The summed E-state index contributed by atoms with van der Waals surface area (Å²) >= 11 is 1.07. The van der Waals surface area contributed by atoms with Crippen molar-refractivity contribution in [3.05, 3.63) is 53.6 Å². The Kier molecular flexibility index (Phi) is 8.81. The van der Waals surface area contributed by atoms with Gasteiger partial charge in [0.15, 0.2) is 6.10 Å². The largest absolute Gasteiger partial charge is 0.452 e. The molecule has 2 rings (SSSR count). The Morgan fingerprint density at radius 2 is 1.69 bits per heavy atom. The Bertz CT molecular complexity index is 1100. The van der Waals surface area contributed by atoms with E-state index in [1.165, 1.54) is 31.2 Å². The van der Waals surface area contributed by atoms with Crippen LogP contribution in [0.4, 0.5) is 11.4 Å². The van der Waals surface area contributed by atoms with Crippen LogP contribution in [-0.2, 0) is 29.1 Å². The lowest BCUT2D eigenvalue weighted by Gasteiger charge is -2.14. The number of sulfonamides is 1. The number of carbonyl (C=O) groups excluding carboxylic acids is 3. The Balaban J connectivity index is 1.74. The van der Waals surface area contributed by atoms with E-state index >= 15 is 0 Å². The fourth-order valence-corrected chi connectivity index (χ4v) is 3.73. The van der Waals surface area contributed by atoms with E-state index < -0.39 is 28.0 Å². The van der Waals surface area contributed by atoms with E-state index in [0.29, 0.717) is 11.4 Å². The second-order valence-corrected chi connectivity index (χ2v) is 9.60. The molecule has 11 heteroatoms. The number of nitrogens with one attached hydrogen (secondary N) is 2. The smallest absolute Gasteiger partial charge is 0.316 e. The highest BCUT2D eigenvalue weighted by Gasteiger charge is 2.19. The molecule has 0 fully saturated rings. The summed E-state index contributed by atoms with van der Waals surface area (Å²) in [7, 11) is -3.83. The van der Waals surface area contributed by atoms with E-state index in [1.807, 2.05) is 32.0 Å². The highest BCUT2D eigenvalue weighted by atomic mass is 32.2. The molecule has 9 nitrogen and oxygen atoms in total. The molecule has 0 spiro atoms. The van der Waals surface area contributed by atoms with Gasteiger partial charge in [0, 0.05) is 11.4 Å². The maximum absolute atomic E-state index is 12.2. The van der Waals surface area contributed by atoms with Crippen molar-refractivity contribution < 1.29 is 27.5 Å². The van der Waals surface area contributed by atoms with Crippen LogP contribution in [0.1, 0.15) is 18.1 Å². The third kappa shape index (κ3) is 7.98. The predicted octanol–water partition coefficient (Wildman–Crippen LogP) is 2.19. The number of ether oxygens (including phenoxy) is 1. The number of hydrogen-bond donors (Lipinski definition) is 3. The lowest BCUT2D eigenvalue weighted by atomic mass is 10.1. The third-order valence-electron chi connectivity index (χ3n) is 4.24. The first kappa shape index (κ1) is 25.4. The maximum Gasteiger partial charge on any atom is 0.316 e. The number of anilines is 2. The van der Waals surface area contributed by atoms with Gasteiger partial charge in [0.25, 0.3) is 5.91 Å². The van der Waals surface area contributed by atoms with Gasteiger partial charge in [0.05, 0.1) is 16.4 Å². The summed E-state index contributed by atoms with van der Waals surface area (Å²) in [6.07, 6.45) is -1.08. The fourth-order valence-electron chi connectivity index (χ4n) is 2.62. The summed E-state index contributed by atoms with van der Waals surface area (Å²) in [5, 5.41) is 10.3. The van der Waals surface area contributed by atoms with E-state index in [4.69, 9.17) is 9.88 Å². The summed E-state index contributed by atoms with van der Waals surface area (Å²) in [5.74, 6) is -1.51. The number of nitrogens with two attached hydrogens (primary N) is 1. The lowest BCUT2D eigenvalue weighted by molar-refractivity contribution is -0.150. The number of hydrogen-bond acceptors (Lipinski definition) is 7. The van der Waals surface area contributed by atoms with E-state index in [9.17, 15) is 22.8 Å². The summed E-state index contributed by atoms with van der Waals surface area (Å²) < 4.78 is 27.6. The van der Waals surface area contributed by atoms with Crippen molar-refractivity contribution in [2.24, 2.45) is 5.14 Å². The van der Waals surface area contributed by atoms with Crippen molar-refractivity contribution in [1.29, 1.82) is 0 Å². The normalized spacial score (nSPS) is 12.0. The predicted molar refractivity (Wildman–Crippen MR) is 124 cm³/mol. The minimum absolute atomic E-state index is 0.0550. The van der Waals surface area contributed by atoms with E-state index in [-0.39, 0.29) is 22.3 Å². The maximum atomic E-state index is 12.2. The number of thioether (sulfide) groups is 1. The zero-order valence-corrected chi connectivity index (χ0v) is 19.5. The average Bonchev–Trinajstić information content (AvgIpc) is 2.69. The van der Waals surface area contributed by atoms with Gasteiger partial charge >= 0.3 is 5.97 Å². The summed E-state index contributed by atoms with van der Waals surface area (Å²) in [6.45, 7) is 5.27. The van der Waals surface area contributed by atoms with Crippen molar-refractivity contribution in [2.75, 3.05) is 22.1 Å². The first-order chi connectivity index (χ1) is 15.0. The van der Waals surface area contributed by atoms with Crippen molar-refractivity contribution in [3.8, 4) is 0 Å². The molecule has 0 aliphatic rings. The van der Waals surface area contributed by atoms with Crippen LogP contribution in [-0.4, -0.2) is 43.8 Å². The molecule has 0 saturated carbocycles. The first-order valence-electron chi connectivity index (χ1n) is 9.54. The molecular weight excluding hydrogens is 454 g/mol. The number of benzene rings is 2. The molecule has 0 saturated heterocycles. The standard InChI is InChI=1S/C21H25N3O6S2/c1-13-4-9-18(14(2)10-13)24-19(25)11-31-12-20(26)30-15(3)21(27)23-16-5-7-17(8-6-16)32(22,28)29/h4-10,15H,11-12H2,1-3H3,(H,23,27)(H,24,25)(H2,22,28,29)/t15-/m0/s1. The van der Waals surface area contributed by atoms with E-state index in [1.54, 1.807) is 0 Å². The SMILES string of the molecule is Cc1ccc(NC(=O)CSCC(=O)O[C@@H](C)C(=O)Nc2ccc(S(N)(=O)=O)cc2)c(C)c1. The minimum atomic E-state index is -3.83. The Morgan fingerprint density at radius 1 is 1.03 bits per heavy atom. The molecule has 0 radical (unpaired) electrons. The molecule has 4 N–H and O–H groups in total. The van der Waals surface area contributed by atoms with Gasteiger partial charge < -0.3 is 15.4 Å². The third-order valence-corrected chi connectivity index (χ3v) is 6.07. The van der Waals surface area contributed by atoms with Crippen LogP contribution in [0.25, 0.3) is 0 Å². The van der Waals surface area contributed by atoms with Crippen LogP contribution in [0.3, 0.4) is 0 Å². The van der Waals surface area contributed by atoms with Gasteiger partial charge in [-0.3, -0.25) is 14.4 Å². The quantitative estimate of drug-likeness (QED) is 0.468. The Hall–Kier alpha value is -2.89. The van der Waals surface area contributed by atoms with Gasteiger partial charge in [-0.05, 0) is 56.7 Å². The minimum Gasteiger partial charge on any atom is -0.452 e. The Labute approximate surface area is 191 Å². The molecule has 0 bridgehead atoms. The molecule has 32 heavy (non-hydrogen) atoms. The number of aryl methyl sites for hydroxylation is 2. The number of amides is 2. The van der Waals surface area contributed by atoms with Gasteiger partial charge in [-0.1, -0.05) is 17.7 Å². The van der Waals surface area contributed by atoms with Crippen LogP contribution >= 0.6 is 11.8 Å². The highest BCUT2D eigenvalue weighted by molar-refractivity contribution is 8.00. The monoisotopic (exact) mass is 479 g/mol. The van der Waals surface area contributed by atoms with Crippen molar-refractivity contribution in [2.45, 2.75) is 31.8 Å². The average molecular weight is 480 g/mol. The van der Waals surface area contributed by atoms with Crippen LogP contribution in [0.5, 0.6) is 0 Å². The molecular formula is C21H25N3O6S2. The highest BCUT2D eigenvalue weighted by Crippen LogP contribution is 2.17. The van der Waals surface area contributed by atoms with Crippen molar-refractivity contribution in [1.82, 2.24) is 0 Å². The van der Waals surface area contributed by atoms with Crippen LogP contribution in [0.2, 0.25) is 0 Å². The van der Waals surface area contributed by atoms with E-state index in [2.05, 4.69) is 10.6 Å². The molecule has 0 aromatic heterocycles. The van der Waals surface area contributed by atoms with Crippen molar-refractivity contribution >= 4 is 50.9 Å². The molecule has 2 aromatic carbocycles. The molecule has 172 valence electrons. The first-order valence-corrected chi connectivity index (χ1v) is 12.2. The topological polar surface area (TPSA) is 145 Å². The molecule has 0 heterocycles. The number of carbonyl (C=O) groups is 3. The lowest BCUT2D eigenvalue weighted by Crippen LogP contribution is -2.30. The van der Waals surface area contributed by atoms with Gasteiger partial charge in [0.1, 0.15) is 0 Å². The number of rotatable bonds is 9. The Morgan fingerprint density at radius 3 is 2.28 bits per heavy atom. The number of primary sulfonamides is 1. The van der Waals surface area contributed by atoms with Gasteiger partial charge in [-0.2, -0.15) is 0 Å². The second-order valence-electron chi connectivity index (χ2n) is 7.05. The van der Waals surface area contributed by atoms with Crippen molar-refractivity contribution in [3.63, 3.8) is 0 Å². The molecule has 2 aromatic rings. The molecule has 0 aliphatic carbocycles. The van der Waals surface area contributed by atoms with E-state index in [0.717, 1.165) is 22.9 Å². The van der Waals surface area contributed by atoms with Gasteiger partial charge in [-0.25, -0.2) is 13.6 Å². The van der Waals surface area contributed by atoms with Crippen LogP contribution < -0.4 is 15.8 Å². The fraction of sp³-hybridized carbons (Fsp3) is 0.286. The van der Waals surface area contributed by atoms with Crippen LogP contribution in [0.15, 0.2) is 47.4 Å². The number of esters is 1. The second kappa shape index (κ2) is 11.1. The summed E-state index contributed by atoms with van der Waals surface area (Å²) in [6, 6.07) is 10.9. The summed E-state index contributed by atoms with van der Waals surface area (Å²) in [4.78, 5) is 36.1. The zero-order chi connectivity index (χ0) is 23.9.